The first-order chi connectivity index (χ1) is 8.58. The van der Waals surface area contributed by atoms with Crippen LogP contribution in [0.15, 0.2) is 28.7 Å². The van der Waals surface area contributed by atoms with E-state index in [-0.39, 0.29) is 6.42 Å². The maximum Gasteiger partial charge on any atom is 0.303 e. The van der Waals surface area contributed by atoms with Gasteiger partial charge in [0.1, 0.15) is 5.69 Å². The van der Waals surface area contributed by atoms with Gasteiger partial charge in [0.05, 0.1) is 16.6 Å². The molecule has 0 unspecified atom stereocenters. The highest BCUT2D eigenvalue weighted by atomic mass is 79.9. The maximum atomic E-state index is 10.6. The number of H-pyrrole nitrogens is 1. The smallest absolute Gasteiger partial charge is 0.303 e. The fraction of sp³-hybridized carbons (Fsp3) is 0.231. The summed E-state index contributed by atoms with van der Waals surface area (Å²) in [6, 6.07) is 8.02. The predicted octanol–water partition coefficient (Wildman–Crippen LogP) is 3.16. The van der Waals surface area contributed by atoms with Crippen LogP contribution in [-0.4, -0.2) is 21.3 Å². The van der Waals surface area contributed by atoms with Crippen molar-refractivity contribution in [3.63, 3.8) is 0 Å². The summed E-state index contributed by atoms with van der Waals surface area (Å²) in [6.07, 6.45) is 0.531. The van der Waals surface area contributed by atoms with Crippen molar-refractivity contribution in [2.75, 3.05) is 0 Å². The summed E-state index contributed by atoms with van der Waals surface area (Å²) in [5.41, 5.74) is 3.81. The SMILES string of the molecule is Cc1cccc(-c2n[nH]c(CCC(=O)O)c2Br)c1. The lowest BCUT2D eigenvalue weighted by atomic mass is 10.1. The number of halogens is 1. The van der Waals surface area contributed by atoms with E-state index in [0.717, 1.165) is 27.0 Å². The van der Waals surface area contributed by atoms with Crippen LogP contribution in [0.4, 0.5) is 0 Å². The van der Waals surface area contributed by atoms with E-state index in [1.165, 1.54) is 0 Å². The van der Waals surface area contributed by atoms with Gasteiger partial charge in [0, 0.05) is 12.0 Å². The van der Waals surface area contributed by atoms with Crippen LogP contribution in [0.2, 0.25) is 0 Å². The molecule has 0 atom stereocenters. The average Bonchev–Trinajstić information content (AvgIpc) is 2.68. The Balaban J connectivity index is 2.28. The second kappa shape index (κ2) is 5.35. The summed E-state index contributed by atoms with van der Waals surface area (Å²) in [6.45, 7) is 2.02. The van der Waals surface area contributed by atoms with E-state index in [9.17, 15) is 4.79 Å². The van der Waals surface area contributed by atoms with E-state index < -0.39 is 5.97 Å². The molecule has 0 saturated heterocycles. The average molecular weight is 309 g/mol. The van der Waals surface area contributed by atoms with Crippen LogP contribution in [0.5, 0.6) is 0 Å². The van der Waals surface area contributed by atoms with Crippen molar-refractivity contribution < 1.29 is 9.90 Å². The van der Waals surface area contributed by atoms with Gasteiger partial charge in [0.25, 0.3) is 0 Å². The quantitative estimate of drug-likeness (QED) is 0.911. The van der Waals surface area contributed by atoms with E-state index in [1.807, 2.05) is 31.2 Å². The molecule has 0 amide bonds. The third kappa shape index (κ3) is 2.79. The molecule has 0 radical (unpaired) electrons. The lowest BCUT2D eigenvalue weighted by Crippen LogP contribution is -1.98. The number of hydrogen-bond donors (Lipinski definition) is 2. The molecule has 5 heteroatoms. The Kier molecular flexibility index (Phi) is 3.81. The van der Waals surface area contributed by atoms with Crippen LogP contribution in [-0.2, 0) is 11.2 Å². The minimum atomic E-state index is -0.811. The van der Waals surface area contributed by atoms with Gasteiger partial charge in [-0.2, -0.15) is 5.10 Å². The minimum Gasteiger partial charge on any atom is -0.481 e. The van der Waals surface area contributed by atoms with Gasteiger partial charge >= 0.3 is 5.97 Å². The summed E-state index contributed by atoms with van der Waals surface area (Å²) in [4.78, 5) is 10.6. The Labute approximate surface area is 113 Å². The molecule has 0 saturated carbocycles. The molecule has 0 aliphatic rings. The highest BCUT2D eigenvalue weighted by Gasteiger charge is 2.13. The molecule has 0 aliphatic heterocycles. The molecule has 18 heavy (non-hydrogen) atoms. The van der Waals surface area contributed by atoms with Crippen LogP contribution in [0.1, 0.15) is 17.7 Å². The first kappa shape index (κ1) is 12.8. The van der Waals surface area contributed by atoms with Crippen LogP contribution < -0.4 is 0 Å². The zero-order valence-corrected chi connectivity index (χ0v) is 11.5. The highest BCUT2D eigenvalue weighted by molar-refractivity contribution is 9.10. The molecule has 1 aromatic carbocycles. The number of aromatic amines is 1. The third-order valence-corrected chi connectivity index (χ3v) is 3.51. The summed E-state index contributed by atoms with van der Waals surface area (Å²) < 4.78 is 0.842. The number of carbonyl (C=O) groups is 1. The van der Waals surface area contributed by atoms with Crippen molar-refractivity contribution in [3.8, 4) is 11.3 Å². The largest absolute Gasteiger partial charge is 0.481 e. The molecule has 1 aromatic heterocycles. The Morgan fingerprint density at radius 3 is 2.94 bits per heavy atom. The van der Waals surface area contributed by atoms with Crippen LogP contribution >= 0.6 is 15.9 Å². The fourth-order valence-electron chi connectivity index (χ4n) is 1.75. The van der Waals surface area contributed by atoms with Crippen molar-refractivity contribution in [2.24, 2.45) is 0 Å². The van der Waals surface area contributed by atoms with Crippen molar-refractivity contribution in [1.82, 2.24) is 10.2 Å². The number of hydrogen-bond acceptors (Lipinski definition) is 2. The molecule has 2 N–H and O–H groups in total. The van der Waals surface area contributed by atoms with Gasteiger partial charge in [-0.3, -0.25) is 9.89 Å². The number of carboxylic acid groups (broad SMARTS) is 1. The summed E-state index contributed by atoms with van der Waals surface area (Å²) in [5.74, 6) is -0.811. The van der Waals surface area contributed by atoms with Gasteiger partial charge in [0.2, 0.25) is 0 Å². The van der Waals surface area contributed by atoms with Gasteiger partial charge in [-0.25, -0.2) is 0 Å². The number of carboxylic acids is 1. The first-order valence-electron chi connectivity index (χ1n) is 5.59. The van der Waals surface area contributed by atoms with Gasteiger partial charge in [0.15, 0.2) is 0 Å². The topological polar surface area (TPSA) is 66.0 Å². The molecule has 0 aliphatic carbocycles. The standard InChI is InChI=1S/C13H13BrN2O2/c1-8-3-2-4-9(7-8)13-12(14)10(15-16-13)5-6-11(17)18/h2-4,7H,5-6H2,1H3,(H,15,16)(H,17,18). The minimum absolute atomic E-state index is 0.0913. The Hall–Kier alpha value is -1.62. The van der Waals surface area contributed by atoms with Gasteiger partial charge in [-0.15, -0.1) is 0 Å². The van der Waals surface area contributed by atoms with E-state index in [1.54, 1.807) is 0 Å². The molecule has 0 fully saturated rings. The number of aliphatic carboxylic acids is 1. The second-order valence-corrected chi connectivity index (χ2v) is 4.92. The highest BCUT2D eigenvalue weighted by Crippen LogP contribution is 2.29. The summed E-state index contributed by atoms with van der Waals surface area (Å²) in [5, 5.41) is 15.8. The third-order valence-electron chi connectivity index (χ3n) is 2.66. The summed E-state index contributed by atoms with van der Waals surface area (Å²) in [7, 11) is 0. The zero-order chi connectivity index (χ0) is 13.1. The molecule has 0 bridgehead atoms. The first-order valence-corrected chi connectivity index (χ1v) is 6.39. The van der Waals surface area contributed by atoms with Crippen LogP contribution in [0, 0.1) is 6.92 Å². The molecule has 94 valence electrons. The second-order valence-electron chi connectivity index (χ2n) is 4.13. The lowest BCUT2D eigenvalue weighted by molar-refractivity contribution is -0.136. The van der Waals surface area contributed by atoms with Crippen LogP contribution in [0.25, 0.3) is 11.3 Å². The molecule has 0 spiro atoms. The molecule has 2 rings (SSSR count). The number of nitrogens with one attached hydrogen (secondary N) is 1. The van der Waals surface area contributed by atoms with Crippen molar-refractivity contribution in [2.45, 2.75) is 19.8 Å². The van der Waals surface area contributed by atoms with E-state index in [4.69, 9.17) is 5.11 Å². The normalized spacial score (nSPS) is 10.6. The molecular weight excluding hydrogens is 296 g/mol. The summed E-state index contributed by atoms with van der Waals surface area (Å²) >= 11 is 3.48. The predicted molar refractivity (Wildman–Crippen MR) is 72.4 cm³/mol. The molecule has 2 aromatic rings. The van der Waals surface area contributed by atoms with Gasteiger partial charge in [-0.05, 0) is 28.9 Å². The van der Waals surface area contributed by atoms with Crippen molar-refractivity contribution in [3.05, 3.63) is 40.0 Å². The number of aromatic nitrogens is 2. The van der Waals surface area contributed by atoms with Gasteiger partial charge in [-0.1, -0.05) is 23.8 Å². The van der Waals surface area contributed by atoms with E-state index >= 15 is 0 Å². The Morgan fingerprint density at radius 1 is 1.50 bits per heavy atom. The number of rotatable bonds is 4. The number of benzene rings is 1. The molecular formula is C13H13BrN2O2. The van der Waals surface area contributed by atoms with E-state index in [2.05, 4.69) is 26.1 Å². The van der Waals surface area contributed by atoms with Crippen molar-refractivity contribution in [1.29, 1.82) is 0 Å². The molecule has 4 nitrogen and oxygen atoms in total. The zero-order valence-electron chi connectivity index (χ0n) is 9.90. The lowest BCUT2D eigenvalue weighted by Gasteiger charge is -2.00. The van der Waals surface area contributed by atoms with Crippen molar-refractivity contribution >= 4 is 21.9 Å². The van der Waals surface area contributed by atoms with E-state index in [0.29, 0.717) is 6.42 Å². The molecule has 1 heterocycles. The Bertz CT molecular complexity index is 578. The number of aryl methyl sites for hydroxylation is 2. The Morgan fingerprint density at radius 2 is 2.28 bits per heavy atom. The van der Waals surface area contributed by atoms with Crippen LogP contribution in [0.3, 0.4) is 0 Å². The maximum absolute atomic E-state index is 10.6. The van der Waals surface area contributed by atoms with Gasteiger partial charge < -0.3 is 5.11 Å². The number of nitrogens with zero attached hydrogens (tertiary/aromatic N) is 1. The monoisotopic (exact) mass is 308 g/mol. The fourth-order valence-corrected chi connectivity index (χ4v) is 2.35.